The molecule has 0 spiro atoms. The van der Waals surface area contributed by atoms with E-state index in [1.54, 1.807) is 0 Å². The van der Waals surface area contributed by atoms with E-state index >= 15 is 0 Å². The highest BCUT2D eigenvalue weighted by molar-refractivity contribution is 6.74. The summed E-state index contributed by atoms with van der Waals surface area (Å²) in [5.74, 6) is -0.730. The van der Waals surface area contributed by atoms with Crippen molar-refractivity contribution in [2.45, 2.75) is 77.4 Å². The van der Waals surface area contributed by atoms with E-state index in [1.165, 1.54) is 12.1 Å². The second-order valence-electron chi connectivity index (χ2n) is 6.20. The number of hydrogen-bond acceptors (Lipinski definition) is 1. The van der Waals surface area contributed by atoms with Crippen molar-refractivity contribution in [1.29, 1.82) is 0 Å². The van der Waals surface area contributed by atoms with Crippen LogP contribution in [-0.2, 0) is 0 Å². The van der Waals surface area contributed by atoms with Gasteiger partial charge in [-0.2, -0.15) is 0 Å². The van der Waals surface area contributed by atoms with E-state index in [-0.39, 0.29) is 0 Å². The molecule has 0 aliphatic rings. The van der Waals surface area contributed by atoms with Gasteiger partial charge in [0.05, 0.1) is 0 Å². The van der Waals surface area contributed by atoms with Gasteiger partial charge in [-0.15, -0.1) is 0 Å². The summed E-state index contributed by atoms with van der Waals surface area (Å²) in [5.41, 5.74) is 0. The third-order valence-electron chi connectivity index (χ3n) is 4.13. The summed E-state index contributed by atoms with van der Waals surface area (Å²) in [6, 6.07) is 6.81. The van der Waals surface area contributed by atoms with Gasteiger partial charge in [0.1, 0.15) is 17.4 Å². The maximum Gasteiger partial charge on any atom is 0.251 e. The van der Waals surface area contributed by atoms with Gasteiger partial charge in [-0.05, 0) is 18.1 Å². The normalized spacial score (nSPS) is 11.7. The Kier molecular flexibility index (Phi) is 8.69. The first-order valence-electron chi connectivity index (χ1n) is 8.70. The summed E-state index contributed by atoms with van der Waals surface area (Å²) in [4.78, 5) is 0. The minimum Gasteiger partial charge on any atom is -0.543 e. The lowest BCUT2D eigenvalue weighted by atomic mass is 10.3. The van der Waals surface area contributed by atoms with Crippen molar-refractivity contribution in [3.05, 3.63) is 29.8 Å². The standard InChI is InChI=1S/C18H30F2OSi/c1-4-7-10-22(11-8-5-2,12-9-6-3)21-18-14-16(19)13-17(20)15-18/h13-15H,4-12H2,1-3H3. The van der Waals surface area contributed by atoms with Gasteiger partial charge in [0.15, 0.2) is 0 Å². The van der Waals surface area contributed by atoms with Crippen LogP contribution in [0.1, 0.15) is 59.3 Å². The molecule has 0 heterocycles. The van der Waals surface area contributed by atoms with Crippen LogP contribution >= 0.6 is 0 Å². The van der Waals surface area contributed by atoms with Crippen LogP contribution in [0.15, 0.2) is 18.2 Å². The first-order chi connectivity index (χ1) is 10.5. The van der Waals surface area contributed by atoms with Gasteiger partial charge in [0.2, 0.25) is 0 Å². The molecule has 0 unspecified atom stereocenters. The Balaban J connectivity index is 2.97. The maximum atomic E-state index is 13.5. The zero-order valence-corrected chi connectivity index (χ0v) is 15.3. The molecule has 0 saturated heterocycles. The lowest BCUT2D eigenvalue weighted by molar-refractivity contribution is 0.494. The first-order valence-corrected chi connectivity index (χ1v) is 11.2. The highest BCUT2D eigenvalue weighted by Crippen LogP contribution is 2.32. The molecule has 0 saturated carbocycles. The SMILES string of the molecule is CCCC[Si](CCCC)(CCCC)Oc1cc(F)cc(F)c1. The van der Waals surface area contributed by atoms with E-state index in [1.807, 2.05) is 0 Å². The highest BCUT2D eigenvalue weighted by atomic mass is 28.4. The third-order valence-corrected chi connectivity index (χ3v) is 8.59. The predicted molar refractivity (Wildman–Crippen MR) is 91.9 cm³/mol. The number of unbranched alkanes of at least 4 members (excludes halogenated alkanes) is 3. The van der Waals surface area contributed by atoms with Crippen LogP contribution in [0.4, 0.5) is 8.78 Å². The second-order valence-corrected chi connectivity index (χ2v) is 10.3. The smallest absolute Gasteiger partial charge is 0.251 e. The molecule has 126 valence electrons. The van der Waals surface area contributed by atoms with Gasteiger partial charge in [-0.3, -0.25) is 0 Å². The van der Waals surface area contributed by atoms with Gasteiger partial charge < -0.3 is 4.43 Å². The van der Waals surface area contributed by atoms with E-state index in [0.717, 1.165) is 62.7 Å². The molecule has 0 atom stereocenters. The average Bonchev–Trinajstić information content (AvgIpc) is 2.47. The Hall–Kier alpha value is -0.903. The average molecular weight is 329 g/mol. The van der Waals surface area contributed by atoms with Crippen molar-refractivity contribution < 1.29 is 13.2 Å². The fourth-order valence-corrected chi connectivity index (χ4v) is 7.53. The monoisotopic (exact) mass is 328 g/mol. The fourth-order valence-electron chi connectivity index (χ4n) is 2.86. The van der Waals surface area contributed by atoms with Crippen LogP contribution in [0.2, 0.25) is 18.1 Å². The molecule has 1 aromatic carbocycles. The molecule has 1 nitrogen and oxygen atoms in total. The largest absolute Gasteiger partial charge is 0.543 e. The third kappa shape index (κ3) is 6.47. The molecule has 0 aliphatic carbocycles. The van der Waals surface area contributed by atoms with Gasteiger partial charge in [-0.1, -0.05) is 59.3 Å². The van der Waals surface area contributed by atoms with Crippen LogP contribution in [-0.4, -0.2) is 8.32 Å². The molecule has 0 fully saturated rings. The van der Waals surface area contributed by atoms with E-state index in [2.05, 4.69) is 20.8 Å². The number of rotatable bonds is 11. The molecule has 22 heavy (non-hydrogen) atoms. The zero-order valence-electron chi connectivity index (χ0n) is 14.3. The van der Waals surface area contributed by atoms with Gasteiger partial charge in [0, 0.05) is 18.2 Å². The van der Waals surface area contributed by atoms with Gasteiger partial charge in [0.25, 0.3) is 8.32 Å². The lowest BCUT2D eigenvalue weighted by Crippen LogP contribution is -2.41. The topological polar surface area (TPSA) is 9.23 Å². The Morgan fingerprint density at radius 1 is 0.773 bits per heavy atom. The Morgan fingerprint density at radius 3 is 1.55 bits per heavy atom. The molecule has 0 N–H and O–H groups in total. The molecular formula is C18H30F2OSi. The van der Waals surface area contributed by atoms with E-state index in [0.29, 0.717) is 5.75 Å². The summed E-state index contributed by atoms with van der Waals surface area (Å²) in [5, 5.41) is 0. The van der Waals surface area contributed by atoms with Crippen LogP contribution < -0.4 is 4.43 Å². The number of halogens is 2. The number of hydrogen-bond donors (Lipinski definition) is 0. The quantitative estimate of drug-likeness (QED) is 0.411. The fraction of sp³-hybridized carbons (Fsp3) is 0.667. The van der Waals surface area contributed by atoms with Crippen LogP contribution in [0.25, 0.3) is 0 Å². The summed E-state index contributed by atoms with van der Waals surface area (Å²) >= 11 is 0. The molecule has 4 heteroatoms. The zero-order chi connectivity index (χ0) is 16.4. The molecule has 1 aromatic rings. The van der Waals surface area contributed by atoms with Gasteiger partial charge >= 0.3 is 0 Å². The Labute approximate surface area is 135 Å². The maximum absolute atomic E-state index is 13.5. The van der Waals surface area contributed by atoms with Crippen molar-refractivity contribution in [2.24, 2.45) is 0 Å². The number of benzene rings is 1. The molecule has 0 radical (unpaired) electrons. The molecule has 0 bridgehead atoms. The first kappa shape index (κ1) is 19.1. The van der Waals surface area contributed by atoms with E-state index in [9.17, 15) is 8.78 Å². The van der Waals surface area contributed by atoms with E-state index in [4.69, 9.17) is 4.43 Å². The molecular weight excluding hydrogens is 298 g/mol. The second kappa shape index (κ2) is 9.98. The van der Waals surface area contributed by atoms with Gasteiger partial charge in [-0.25, -0.2) is 8.78 Å². The van der Waals surface area contributed by atoms with Crippen molar-refractivity contribution >= 4 is 8.32 Å². The van der Waals surface area contributed by atoms with Crippen molar-refractivity contribution in [1.82, 2.24) is 0 Å². The summed E-state index contributed by atoms with van der Waals surface area (Å²) in [7, 11) is -1.98. The van der Waals surface area contributed by atoms with Crippen molar-refractivity contribution in [3.8, 4) is 5.75 Å². The molecule has 1 rings (SSSR count). The van der Waals surface area contributed by atoms with Crippen molar-refractivity contribution in [3.63, 3.8) is 0 Å². The summed E-state index contributed by atoms with van der Waals surface area (Å²) < 4.78 is 33.2. The van der Waals surface area contributed by atoms with E-state index < -0.39 is 20.0 Å². The Bertz CT molecular complexity index is 395. The predicted octanol–water partition coefficient (Wildman–Crippen LogP) is 6.69. The lowest BCUT2D eigenvalue weighted by Gasteiger charge is -2.32. The highest BCUT2D eigenvalue weighted by Gasteiger charge is 2.35. The molecule has 0 aliphatic heterocycles. The van der Waals surface area contributed by atoms with Crippen LogP contribution in [0, 0.1) is 11.6 Å². The summed E-state index contributed by atoms with van der Waals surface area (Å²) in [6.07, 6.45) is 6.81. The molecule has 0 aromatic heterocycles. The van der Waals surface area contributed by atoms with Crippen LogP contribution in [0.5, 0.6) is 5.75 Å². The van der Waals surface area contributed by atoms with Crippen LogP contribution in [0.3, 0.4) is 0 Å². The van der Waals surface area contributed by atoms with Crippen molar-refractivity contribution in [2.75, 3.05) is 0 Å². The minimum absolute atomic E-state index is 0.382. The minimum atomic E-state index is -1.98. The molecule has 0 amide bonds. The Morgan fingerprint density at radius 2 is 1.18 bits per heavy atom. The summed E-state index contributed by atoms with van der Waals surface area (Å²) in [6.45, 7) is 6.54.